The Labute approximate surface area is 173 Å². The van der Waals surface area contributed by atoms with Crippen molar-refractivity contribution in [3.63, 3.8) is 0 Å². The van der Waals surface area contributed by atoms with Crippen molar-refractivity contribution in [1.29, 1.82) is 0 Å². The quantitative estimate of drug-likeness (QED) is 0.817. The molecule has 6 nitrogen and oxygen atoms in total. The van der Waals surface area contributed by atoms with Crippen LogP contribution in [0.1, 0.15) is 44.1 Å². The van der Waals surface area contributed by atoms with E-state index in [2.05, 4.69) is 38.7 Å². The van der Waals surface area contributed by atoms with Crippen LogP contribution in [0.5, 0.6) is 0 Å². The maximum absolute atomic E-state index is 11.9. The van der Waals surface area contributed by atoms with Crippen LogP contribution in [0.3, 0.4) is 0 Å². The molecule has 2 bridgehead atoms. The topological polar surface area (TPSA) is 70.2 Å². The smallest absolute Gasteiger partial charge is 0.315 e. The monoisotopic (exact) mass is 393 g/mol. The number of nitrogens with zero attached hydrogens (tertiary/aromatic N) is 3. The molecule has 4 unspecified atom stereocenters. The maximum Gasteiger partial charge on any atom is 0.315 e. The first-order valence-corrected chi connectivity index (χ1v) is 10.7. The van der Waals surface area contributed by atoms with Gasteiger partial charge < -0.3 is 10.6 Å². The molecule has 0 saturated carbocycles. The molecule has 0 aliphatic carbocycles. The van der Waals surface area contributed by atoms with E-state index in [1.54, 1.807) is 0 Å². The van der Waals surface area contributed by atoms with Gasteiger partial charge in [0.05, 0.1) is 5.69 Å². The third-order valence-electron chi connectivity index (χ3n) is 6.10. The van der Waals surface area contributed by atoms with E-state index in [4.69, 9.17) is 4.98 Å². The molecule has 0 radical (unpaired) electrons. The highest BCUT2D eigenvalue weighted by atomic mass is 16.2. The van der Waals surface area contributed by atoms with Gasteiger partial charge in [-0.2, -0.15) is 0 Å². The number of amides is 2. The summed E-state index contributed by atoms with van der Waals surface area (Å²) in [6, 6.07) is 13.0. The van der Waals surface area contributed by atoms with Crippen molar-refractivity contribution < 1.29 is 4.79 Å². The van der Waals surface area contributed by atoms with E-state index in [9.17, 15) is 4.79 Å². The number of carbonyl (C=O) groups is 1. The summed E-state index contributed by atoms with van der Waals surface area (Å²) in [5.41, 5.74) is 3.31. The van der Waals surface area contributed by atoms with Gasteiger partial charge in [-0.3, -0.25) is 4.90 Å². The summed E-state index contributed by atoms with van der Waals surface area (Å²) in [7, 11) is 0. The van der Waals surface area contributed by atoms with Crippen LogP contribution in [0, 0.1) is 12.8 Å². The summed E-state index contributed by atoms with van der Waals surface area (Å²) in [4.78, 5) is 24.0. The Bertz CT molecular complexity index is 854. The number of aromatic nitrogens is 2. The minimum absolute atomic E-state index is 0.0712. The fraction of sp³-hybridized carbons (Fsp3) is 0.522. The number of aryl methyl sites for hydroxylation is 1. The highest BCUT2D eigenvalue weighted by Gasteiger charge is 2.41. The molecule has 2 N–H and O–H groups in total. The molecule has 0 spiro atoms. The van der Waals surface area contributed by atoms with Crippen LogP contribution in [-0.2, 0) is 0 Å². The van der Waals surface area contributed by atoms with Gasteiger partial charge >= 0.3 is 6.03 Å². The van der Waals surface area contributed by atoms with Crippen molar-refractivity contribution in [3.8, 4) is 11.3 Å². The minimum atomic E-state index is -0.0712. The summed E-state index contributed by atoms with van der Waals surface area (Å²) >= 11 is 0. The van der Waals surface area contributed by atoms with Crippen molar-refractivity contribution in [2.75, 3.05) is 19.6 Å². The SMILES string of the molecule is Cc1nc(-c2ccccc2)cc(C2CN3CCC2CC3CNC(=O)NC(C)C)n1. The van der Waals surface area contributed by atoms with Crippen LogP contribution < -0.4 is 10.6 Å². The Morgan fingerprint density at radius 1 is 1.24 bits per heavy atom. The van der Waals surface area contributed by atoms with Crippen LogP contribution >= 0.6 is 0 Å². The van der Waals surface area contributed by atoms with Crippen LogP contribution in [0.25, 0.3) is 11.3 Å². The second-order valence-corrected chi connectivity index (χ2v) is 8.64. The van der Waals surface area contributed by atoms with E-state index in [1.807, 2.05) is 39.0 Å². The van der Waals surface area contributed by atoms with Gasteiger partial charge in [-0.25, -0.2) is 14.8 Å². The number of carbonyl (C=O) groups excluding carboxylic acids is 1. The van der Waals surface area contributed by atoms with Crippen LogP contribution in [0.15, 0.2) is 36.4 Å². The number of nitrogens with one attached hydrogen (secondary N) is 2. The molecule has 1 aromatic carbocycles. The Hall–Kier alpha value is -2.47. The molecule has 5 rings (SSSR count). The van der Waals surface area contributed by atoms with Crippen LogP contribution in [-0.4, -0.2) is 52.6 Å². The molecule has 4 atom stereocenters. The lowest BCUT2D eigenvalue weighted by atomic mass is 9.74. The van der Waals surface area contributed by atoms with E-state index < -0.39 is 0 Å². The predicted octanol–water partition coefficient (Wildman–Crippen LogP) is 3.34. The lowest BCUT2D eigenvalue weighted by Crippen LogP contribution is -2.57. The molecule has 29 heavy (non-hydrogen) atoms. The normalized spacial score (nSPS) is 25.8. The van der Waals surface area contributed by atoms with Crippen molar-refractivity contribution in [2.45, 2.75) is 51.6 Å². The largest absolute Gasteiger partial charge is 0.337 e. The van der Waals surface area contributed by atoms with Gasteiger partial charge in [0.25, 0.3) is 0 Å². The Balaban J connectivity index is 1.46. The minimum Gasteiger partial charge on any atom is -0.337 e. The molecule has 3 fully saturated rings. The van der Waals surface area contributed by atoms with E-state index in [1.165, 1.54) is 6.42 Å². The second kappa shape index (κ2) is 8.49. The van der Waals surface area contributed by atoms with Crippen molar-refractivity contribution >= 4 is 6.03 Å². The number of hydrogen-bond acceptors (Lipinski definition) is 4. The fourth-order valence-corrected chi connectivity index (χ4v) is 4.75. The summed E-state index contributed by atoms with van der Waals surface area (Å²) in [5.74, 6) is 1.88. The molecule has 1 aromatic heterocycles. The van der Waals surface area contributed by atoms with Crippen LogP contribution in [0.4, 0.5) is 4.79 Å². The average Bonchev–Trinajstić information content (AvgIpc) is 2.72. The van der Waals surface area contributed by atoms with E-state index >= 15 is 0 Å². The fourth-order valence-electron chi connectivity index (χ4n) is 4.75. The van der Waals surface area contributed by atoms with E-state index in [-0.39, 0.29) is 12.1 Å². The van der Waals surface area contributed by atoms with Gasteiger partial charge in [-0.15, -0.1) is 0 Å². The van der Waals surface area contributed by atoms with Gasteiger partial charge in [0.2, 0.25) is 0 Å². The first kappa shape index (κ1) is 19.8. The lowest BCUT2D eigenvalue weighted by Gasteiger charge is -2.49. The highest BCUT2D eigenvalue weighted by molar-refractivity contribution is 5.74. The number of urea groups is 1. The van der Waals surface area contributed by atoms with Gasteiger partial charge in [-0.05, 0) is 52.1 Å². The summed E-state index contributed by atoms with van der Waals surface area (Å²) in [6.07, 6.45) is 2.30. The molecule has 2 amide bonds. The van der Waals surface area contributed by atoms with Gasteiger partial charge in [-0.1, -0.05) is 30.3 Å². The highest BCUT2D eigenvalue weighted by Crippen LogP contribution is 2.41. The Kier molecular flexibility index (Phi) is 5.81. The number of piperidine rings is 3. The third-order valence-corrected chi connectivity index (χ3v) is 6.10. The number of benzene rings is 1. The molecular formula is C23H31N5O. The van der Waals surface area contributed by atoms with Crippen LogP contribution in [0.2, 0.25) is 0 Å². The van der Waals surface area contributed by atoms with Gasteiger partial charge in [0.1, 0.15) is 5.82 Å². The van der Waals surface area contributed by atoms with Crippen molar-refractivity contribution in [1.82, 2.24) is 25.5 Å². The number of rotatable bonds is 5. The van der Waals surface area contributed by atoms with Gasteiger partial charge in [0.15, 0.2) is 0 Å². The standard InChI is InChI=1S/C23H31N5O/c1-15(2)25-23(29)24-13-19-11-18-9-10-28(19)14-20(18)22-12-21(26-16(3)27-22)17-7-5-4-6-8-17/h4-8,12,15,18-20H,9-11,13-14H2,1-3H3,(H2,24,25,29). The van der Waals surface area contributed by atoms with E-state index in [0.717, 1.165) is 42.3 Å². The first-order valence-electron chi connectivity index (χ1n) is 10.7. The zero-order valence-corrected chi connectivity index (χ0v) is 17.6. The average molecular weight is 394 g/mol. The molecule has 3 aliphatic heterocycles. The Morgan fingerprint density at radius 2 is 2.03 bits per heavy atom. The lowest BCUT2D eigenvalue weighted by molar-refractivity contribution is 0.0304. The summed E-state index contributed by atoms with van der Waals surface area (Å²) in [6.45, 7) is 8.76. The molecule has 154 valence electrons. The summed E-state index contributed by atoms with van der Waals surface area (Å²) < 4.78 is 0. The third kappa shape index (κ3) is 4.58. The van der Waals surface area contributed by atoms with Crippen molar-refractivity contribution in [2.24, 2.45) is 5.92 Å². The second-order valence-electron chi connectivity index (χ2n) is 8.64. The first-order chi connectivity index (χ1) is 14.0. The van der Waals surface area contributed by atoms with E-state index in [0.29, 0.717) is 24.4 Å². The molecule has 3 aliphatic rings. The maximum atomic E-state index is 11.9. The molecule has 3 saturated heterocycles. The molecular weight excluding hydrogens is 362 g/mol. The Morgan fingerprint density at radius 3 is 2.72 bits per heavy atom. The van der Waals surface area contributed by atoms with Gasteiger partial charge in [0, 0.05) is 42.3 Å². The summed E-state index contributed by atoms with van der Waals surface area (Å²) in [5, 5.41) is 5.95. The molecule has 6 heteroatoms. The van der Waals surface area contributed by atoms with Crippen molar-refractivity contribution in [3.05, 3.63) is 47.9 Å². The zero-order valence-electron chi connectivity index (χ0n) is 17.6. The predicted molar refractivity (Wildman–Crippen MR) is 115 cm³/mol. The molecule has 2 aromatic rings. The number of fused-ring (bicyclic) bond motifs is 3. The zero-order chi connectivity index (χ0) is 20.4. The molecule has 4 heterocycles. The number of hydrogen-bond donors (Lipinski definition) is 2.